The minimum Gasteiger partial charge on any atom is -0.368 e. The highest BCUT2D eigenvalue weighted by molar-refractivity contribution is 5.88. The number of hydrogen-bond donors (Lipinski definition) is 2. The van der Waals surface area contributed by atoms with Crippen molar-refractivity contribution in [3.8, 4) is 17.3 Å². The zero-order chi connectivity index (χ0) is 21.3. The van der Waals surface area contributed by atoms with Crippen LogP contribution in [-0.2, 0) is 0 Å². The Labute approximate surface area is 174 Å². The number of nitrogens with zero attached hydrogens (tertiary/aromatic N) is 7. The van der Waals surface area contributed by atoms with Gasteiger partial charge in [0.15, 0.2) is 5.82 Å². The van der Waals surface area contributed by atoms with E-state index in [0.717, 1.165) is 23.4 Å². The summed E-state index contributed by atoms with van der Waals surface area (Å²) < 4.78 is 0. The van der Waals surface area contributed by atoms with Gasteiger partial charge in [-0.25, -0.2) is 9.99 Å². The second kappa shape index (κ2) is 7.40. The lowest BCUT2D eigenvalue weighted by Crippen LogP contribution is -2.37. The Morgan fingerprint density at radius 1 is 1.23 bits per heavy atom. The van der Waals surface area contributed by atoms with Gasteiger partial charge in [-0.05, 0) is 26.3 Å². The summed E-state index contributed by atoms with van der Waals surface area (Å²) in [5, 5.41) is 16.0. The quantitative estimate of drug-likeness (QED) is 0.643. The van der Waals surface area contributed by atoms with Gasteiger partial charge >= 0.3 is 0 Å². The van der Waals surface area contributed by atoms with E-state index in [1.54, 1.807) is 17.3 Å². The van der Waals surface area contributed by atoms with Gasteiger partial charge in [-0.1, -0.05) is 30.3 Å². The molecule has 0 amide bonds. The molecule has 3 N–H and O–H groups in total. The fourth-order valence-corrected chi connectivity index (χ4v) is 3.41. The predicted molar refractivity (Wildman–Crippen MR) is 116 cm³/mol. The number of hydrogen-bond acceptors (Lipinski definition) is 8. The minimum absolute atomic E-state index is 0.0242. The number of benzene rings is 1. The Hall–Kier alpha value is -4.06. The maximum atomic E-state index is 9.71. The molecule has 0 unspecified atom stereocenters. The molecule has 150 valence electrons. The van der Waals surface area contributed by atoms with Gasteiger partial charge in [0.1, 0.15) is 17.5 Å². The maximum absolute atomic E-state index is 9.71. The smallest absolute Gasteiger partial charge is 0.252 e. The Balaban J connectivity index is 1.70. The fraction of sp³-hybridized carbons (Fsp3) is 0.238. The highest BCUT2D eigenvalue weighted by Crippen LogP contribution is 2.31. The first-order valence-electron chi connectivity index (χ1n) is 9.44. The third-order valence-corrected chi connectivity index (χ3v) is 4.69. The lowest BCUT2D eigenvalue weighted by molar-refractivity contribution is 0.505. The van der Waals surface area contributed by atoms with E-state index in [1.807, 2.05) is 51.1 Å². The molecule has 0 spiro atoms. The molecule has 0 atom stereocenters. The second-order valence-electron chi connectivity index (χ2n) is 7.67. The molecule has 0 fully saturated rings. The van der Waals surface area contributed by atoms with Crippen molar-refractivity contribution in [1.82, 2.24) is 24.9 Å². The zero-order valence-corrected chi connectivity index (χ0v) is 17.0. The van der Waals surface area contributed by atoms with Gasteiger partial charge in [-0.2, -0.15) is 25.3 Å². The minimum atomic E-state index is -0.294. The molecule has 4 rings (SSSR count). The van der Waals surface area contributed by atoms with Crippen LogP contribution in [0.25, 0.3) is 22.9 Å². The first kappa shape index (κ1) is 19.3. The van der Waals surface area contributed by atoms with E-state index in [-0.39, 0.29) is 22.9 Å². The highest BCUT2D eigenvalue weighted by atomic mass is 15.6. The standard InChI is InChI=1S/C21H21N9/c1-13-10-21(2,3)30(29-13)20-27-18(26-19(23)28-20)15(11-22)9-17-24-12-16(25-17)14-7-5-4-6-8-14/h4-9,12H,10H2,1-3H3,(H,24,25)(H2,23,26,27,28)/b15-9+. The summed E-state index contributed by atoms with van der Waals surface area (Å²) in [4.78, 5) is 20.4. The third kappa shape index (κ3) is 3.75. The molecular formula is C21H21N9. The van der Waals surface area contributed by atoms with Gasteiger partial charge in [0, 0.05) is 18.2 Å². The van der Waals surface area contributed by atoms with Crippen LogP contribution in [-0.4, -0.2) is 36.2 Å². The number of aromatic nitrogens is 5. The van der Waals surface area contributed by atoms with Gasteiger partial charge in [0.25, 0.3) is 5.95 Å². The largest absolute Gasteiger partial charge is 0.368 e. The van der Waals surface area contributed by atoms with Crippen LogP contribution < -0.4 is 10.7 Å². The highest BCUT2D eigenvalue weighted by Gasteiger charge is 2.35. The number of hydrazone groups is 1. The molecule has 1 aromatic carbocycles. The molecule has 1 aliphatic rings. The number of nitrogen functional groups attached to an aromatic ring is 1. The second-order valence-corrected chi connectivity index (χ2v) is 7.67. The van der Waals surface area contributed by atoms with Crippen molar-refractivity contribution in [1.29, 1.82) is 5.26 Å². The molecule has 0 saturated carbocycles. The Morgan fingerprint density at radius 3 is 2.67 bits per heavy atom. The lowest BCUT2D eigenvalue weighted by atomic mass is 9.99. The van der Waals surface area contributed by atoms with Crippen LogP contribution >= 0.6 is 0 Å². The number of nitriles is 1. The number of allylic oxidation sites excluding steroid dienone is 1. The van der Waals surface area contributed by atoms with Crippen LogP contribution in [0.15, 0.2) is 41.6 Å². The molecule has 3 heterocycles. The summed E-state index contributed by atoms with van der Waals surface area (Å²) in [6.45, 7) is 6.04. The van der Waals surface area contributed by atoms with E-state index in [9.17, 15) is 5.26 Å². The maximum Gasteiger partial charge on any atom is 0.252 e. The van der Waals surface area contributed by atoms with Crippen LogP contribution in [0.5, 0.6) is 0 Å². The number of anilines is 2. The number of rotatable bonds is 4. The summed E-state index contributed by atoms with van der Waals surface area (Å²) in [6, 6.07) is 11.9. The van der Waals surface area contributed by atoms with Crippen LogP contribution in [0.1, 0.15) is 38.8 Å². The van der Waals surface area contributed by atoms with Crippen LogP contribution in [0.3, 0.4) is 0 Å². The van der Waals surface area contributed by atoms with Crippen molar-refractivity contribution in [2.24, 2.45) is 5.10 Å². The summed E-state index contributed by atoms with van der Waals surface area (Å²) in [5.41, 5.74) is 8.66. The molecule has 3 aromatic rings. The molecule has 0 saturated heterocycles. The van der Waals surface area contributed by atoms with Gasteiger partial charge in [-0.15, -0.1) is 0 Å². The van der Waals surface area contributed by atoms with E-state index >= 15 is 0 Å². The molecule has 9 nitrogen and oxygen atoms in total. The zero-order valence-electron chi connectivity index (χ0n) is 17.0. The Bertz CT molecular complexity index is 1180. The van der Waals surface area contributed by atoms with Crippen LogP contribution in [0.4, 0.5) is 11.9 Å². The Morgan fingerprint density at radius 2 is 2.00 bits per heavy atom. The molecule has 1 aliphatic heterocycles. The van der Waals surface area contributed by atoms with Gasteiger partial charge < -0.3 is 10.7 Å². The molecule has 9 heteroatoms. The number of imidazole rings is 1. The van der Waals surface area contributed by atoms with Crippen molar-refractivity contribution in [3.05, 3.63) is 48.2 Å². The molecule has 2 aromatic heterocycles. The summed E-state index contributed by atoms with van der Waals surface area (Å²) >= 11 is 0. The topological polar surface area (TPSA) is 133 Å². The normalized spacial score (nSPS) is 15.7. The average molecular weight is 399 g/mol. The van der Waals surface area contributed by atoms with E-state index in [4.69, 9.17) is 5.73 Å². The first-order chi connectivity index (χ1) is 14.4. The van der Waals surface area contributed by atoms with Crippen molar-refractivity contribution >= 4 is 29.3 Å². The van der Waals surface area contributed by atoms with Gasteiger partial charge in [0.2, 0.25) is 5.95 Å². The molecular weight excluding hydrogens is 378 g/mol. The molecule has 0 aliphatic carbocycles. The SMILES string of the molecule is CC1=NN(c2nc(N)nc(/C(C#N)=C/c3ncc(-c4ccccc4)[nH]3)n2)C(C)(C)C1. The number of aromatic amines is 1. The lowest BCUT2D eigenvalue weighted by Gasteiger charge is -2.28. The van der Waals surface area contributed by atoms with Crippen molar-refractivity contribution < 1.29 is 0 Å². The predicted octanol–water partition coefficient (Wildman–Crippen LogP) is 3.27. The fourth-order valence-electron chi connectivity index (χ4n) is 3.41. The van der Waals surface area contributed by atoms with Crippen LogP contribution in [0.2, 0.25) is 0 Å². The van der Waals surface area contributed by atoms with Gasteiger partial charge in [0.05, 0.1) is 17.4 Å². The monoisotopic (exact) mass is 399 g/mol. The van der Waals surface area contributed by atoms with E-state index in [2.05, 4.69) is 36.1 Å². The summed E-state index contributed by atoms with van der Waals surface area (Å²) in [5.74, 6) is 1.02. The van der Waals surface area contributed by atoms with E-state index < -0.39 is 0 Å². The Kier molecular flexibility index (Phi) is 4.75. The number of nitrogens with one attached hydrogen (secondary N) is 1. The molecule has 30 heavy (non-hydrogen) atoms. The molecule has 0 bridgehead atoms. The third-order valence-electron chi connectivity index (χ3n) is 4.69. The number of H-pyrrole nitrogens is 1. The molecule has 0 radical (unpaired) electrons. The number of nitrogens with two attached hydrogens (primary N) is 1. The summed E-state index contributed by atoms with van der Waals surface area (Å²) in [7, 11) is 0. The first-order valence-corrected chi connectivity index (χ1v) is 9.44. The van der Waals surface area contributed by atoms with Gasteiger partial charge in [-0.3, -0.25) is 0 Å². The van der Waals surface area contributed by atoms with E-state index in [0.29, 0.717) is 11.8 Å². The van der Waals surface area contributed by atoms with Crippen molar-refractivity contribution in [2.75, 3.05) is 10.7 Å². The van der Waals surface area contributed by atoms with Crippen LogP contribution in [0, 0.1) is 11.3 Å². The van der Waals surface area contributed by atoms with Crippen molar-refractivity contribution in [3.63, 3.8) is 0 Å². The van der Waals surface area contributed by atoms with E-state index in [1.165, 1.54) is 0 Å². The van der Waals surface area contributed by atoms with Crippen molar-refractivity contribution in [2.45, 2.75) is 32.7 Å². The average Bonchev–Trinajstić information content (AvgIpc) is 3.29. The summed E-state index contributed by atoms with van der Waals surface area (Å²) in [6.07, 6.45) is 4.09.